The third-order valence-corrected chi connectivity index (χ3v) is 1.62. The van der Waals surface area contributed by atoms with Gasteiger partial charge in [0.15, 0.2) is 0 Å². The first kappa shape index (κ1) is 11.5. The van der Waals surface area contributed by atoms with Crippen LogP contribution in [0.25, 0.3) is 0 Å². The minimum Gasteiger partial charge on any atom is -0.326 e. The molecule has 0 aliphatic heterocycles. The van der Waals surface area contributed by atoms with Crippen molar-refractivity contribution in [2.45, 2.75) is 32.2 Å². The lowest BCUT2D eigenvalue weighted by Gasteiger charge is -1.99. The smallest absolute Gasteiger partial charge is 0.0178 e. The minimum atomic E-state index is 0.592. The zero-order valence-corrected chi connectivity index (χ0v) is 8.86. The van der Waals surface area contributed by atoms with Gasteiger partial charge in [-0.1, -0.05) is 19.9 Å². The first-order valence-corrected chi connectivity index (χ1v) is 4.66. The van der Waals surface area contributed by atoms with E-state index in [1.807, 2.05) is 32.9 Å². The second-order valence-electron chi connectivity index (χ2n) is 2.38. The maximum Gasteiger partial charge on any atom is 0.0178 e. The standard InChI is InChI=1S/C8H11NS.C2H6/c1-6-2-7(5-9)4-8(10)3-6;1-2/h2-4,10H,5,9H2,1H3;1-2H3. The van der Waals surface area contributed by atoms with Crippen LogP contribution >= 0.6 is 12.6 Å². The highest BCUT2D eigenvalue weighted by Crippen LogP contribution is 2.11. The molecule has 1 aromatic rings. The van der Waals surface area contributed by atoms with Crippen LogP contribution in [0.3, 0.4) is 0 Å². The Balaban J connectivity index is 0.000000561. The molecule has 0 unspecified atom stereocenters. The number of benzene rings is 1. The topological polar surface area (TPSA) is 26.0 Å². The van der Waals surface area contributed by atoms with Crippen molar-refractivity contribution < 1.29 is 0 Å². The quantitative estimate of drug-likeness (QED) is 0.643. The molecule has 2 N–H and O–H groups in total. The van der Waals surface area contributed by atoms with E-state index in [-0.39, 0.29) is 0 Å². The van der Waals surface area contributed by atoms with Crippen LogP contribution in [0.15, 0.2) is 23.1 Å². The predicted octanol–water partition coefficient (Wildman–Crippen LogP) is 2.77. The Bertz CT molecular complexity index is 213. The summed E-state index contributed by atoms with van der Waals surface area (Å²) in [6.07, 6.45) is 0. The van der Waals surface area contributed by atoms with Gasteiger partial charge in [0.2, 0.25) is 0 Å². The molecule has 68 valence electrons. The van der Waals surface area contributed by atoms with Gasteiger partial charge < -0.3 is 5.73 Å². The summed E-state index contributed by atoms with van der Waals surface area (Å²) in [4.78, 5) is 0.987. The molecule has 0 fully saturated rings. The average Bonchev–Trinajstić information content (AvgIpc) is 2.06. The Morgan fingerprint density at radius 1 is 1.25 bits per heavy atom. The summed E-state index contributed by atoms with van der Waals surface area (Å²) in [7, 11) is 0. The maximum atomic E-state index is 5.45. The van der Waals surface area contributed by atoms with E-state index in [2.05, 4.69) is 18.7 Å². The molecule has 0 radical (unpaired) electrons. The normalized spacial score (nSPS) is 8.75. The molecule has 1 rings (SSSR count). The predicted molar refractivity (Wildman–Crippen MR) is 57.7 cm³/mol. The molecule has 0 saturated heterocycles. The molecule has 0 aliphatic rings. The third-order valence-electron chi connectivity index (χ3n) is 1.36. The summed E-state index contributed by atoms with van der Waals surface area (Å²) in [6.45, 7) is 6.63. The Morgan fingerprint density at radius 3 is 2.25 bits per heavy atom. The molecule has 0 atom stereocenters. The van der Waals surface area contributed by atoms with E-state index in [1.54, 1.807) is 0 Å². The van der Waals surface area contributed by atoms with Gasteiger partial charge >= 0.3 is 0 Å². The van der Waals surface area contributed by atoms with Crippen molar-refractivity contribution in [1.82, 2.24) is 0 Å². The molecule has 1 nitrogen and oxygen atoms in total. The van der Waals surface area contributed by atoms with Gasteiger partial charge in [-0.2, -0.15) is 0 Å². The fraction of sp³-hybridized carbons (Fsp3) is 0.400. The van der Waals surface area contributed by atoms with Gasteiger partial charge in [-0.3, -0.25) is 0 Å². The molecular weight excluding hydrogens is 166 g/mol. The lowest BCUT2D eigenvalue weighted by atomic mass is 10.1. The molecule has 0 aliphatic carbocycles. The minimum absolute atomic E-state index is 0.592. The second kappa shape index (κ2) is 6.09. The average molecular weight is 183 g/mol. The van der Waals surface area contributed by atoms with Crippen molar-refractivity contribution in [3.8, 4) is 0 Å². The van der Waals surface area contributed by atoms with Gasteiger partial charge in [-0.25, -0.2) is 0 Å². The number of thiol groups is 1. The molecule has 0 bridgehead atoms. The van der Waals surface area contributed by atoms with Gasteiger partial charge in [-0.15, -0.1) is 12.6 Å². The third kappa shape index (κ3) is 3.79. The van der Waals surface area contributed by atoms with Crippen LogP contribution in [-0.4, -0.2) is 0 Å². The van der Waals surface area contributed by atoms with E-state index in [0.717, 1.165) is 10.5 Å². The van der Waals surface area contributed by atoms with Gasteiger partial charge in [-0.05, 0) is 30.2 Å². The van der Waals surface area contributed by atoms with Crippen molar-refractivity contribution in [3.05, 3.63) is 29.3 Å². The van der Waals surface area contributed by atoms with Crippen LogP contribution in [0.5, 0.6) is 0 Å². The Morgan fingerprint density at radius 2 is 1.83 bits per heavy atom. The van der Waals surface area contributed by atoms with Gasteiger partial charge in [0, 0.05) is 11.4 Å². The molecule has 0 heterocycles. The number of nitrogens with two attached hydrogens (primary N) is 1. The lowest BCUT2D eigenvalue weighted by Crippen LogP contribution is -1.96. The van der Waals surface area contributed by atoms with Crippen molar-refractivity contribution in [1.29, 1.82) is 0 Å². The van der Waals surface area contributed by atoms with Crippen LogP contribution in [0.2, 0.25) is 0 Å². The second-order valence-corrected chi connectivity index (χ2v) is 2.90. The van der Waals surface area contributed by atoms with Crippen molar-refractivity contribution in [2.75, 3.05) is 0 Å². The van der Waals surface area contributed by atoms with E-state index < -0.39 is 0 Å². The highest BCUT2D eigenvalue weighted by molar-refractivity contribution is 7.80. The highest BCUT2D eigenvalue weighted by atomic mass is 32.1. The van der Waals surface area contributed by atoms with Gasteiger partial charge in [0.1, 0.15) is 0 Å². The first-order valence-electron chi connectivity index (χ1n) is 4.22. The fourth-order valence-corrected chi connectivity index (χ4v) is 1.33. The van der Waals surface area contributed by atoms with E-state index >= 15 is 0 Å². The fourth-order valence-electron chi connectivity index (χ4n) is 0.958. The molecule has 12 heavy (non-hydrogen) atoms. The molecule has 1 aromatic carbocycles. The summed E-state index contributed by atoms with van der Waals surface area (Å²) in [5.74, 6) is 0. The van der Waals surface area contributed by atoms with Gasteiger partial charge in [0.05, 0.1) is 0 Å². The molecular formula is C10H17NS. The van der Waals surface area contributed by atoms with E-state index in [4.69, 9.17) is 5.73 Å². The molecule has 2 heteroatoms. The van der Waals surface area contributed by atoms with Crippen molar-refractivity contribution in [3.63, 3.8) is 0 Å². The van der Waals surface area contributed by atoms with Gasteiger partial charge in [0.25, 0.3) is 0 Å². The monoisotopic (exact) mass is 183 g/mol. The lowest BCUT2D eigenvalue weighted by molar-refractivity contribution is 1.05. The maximum absolute atomic E-state index is 5.45. The van der Waals surface area contributed by atoms with E-state index in [9.17, 15) is 0 Å². The number of hydrogen-bond donors (Lipinski definition) is 2. The van der Waals surface area contributed by atoms with Crippen LogP contribution in [-0.2, 0) is 6.54 Å². The largest absolute Gasteiger partial charge is 0.326 e. The first-order chi connectivity index (χ1) is 5.72. The Hall–Kier alpha value is -0.470. The summed E-state index contributed by atoms with van der Waals surface area (Å²) >= 11 is 4.22. The SMILES string of the molecule is CC.Cc1cc(S)cc(CN)c1. The van der Waals surface area contributed by atoms with E-state index in [0.29, 0.717) is 6.54 Å². The summed E-state index contributed by atoms with van der Waals surface area (Å²) in [5, 5.41) is 0. The van der Waals surface area contributed by atoms with Crippen LogP contribution < -0.4 is 5.73 Å². The Labute approximate surface area is 80.4 Å². The molecule has 0 aromatic heterocycles. The summed E-state index contributed by atoms with van der Waals surface area (Å²) in [5.41, 5.74) is 7.81. The highest BCUT2D eigenvalue weighted by Gasteiger charge is 1.91. The number of rotatable bonds is 1. The van der Waals surface area contributed by atoms with E-state index in [1.165, 1.54) is 5.56 Å². The number of aryl methyl sites for hydroxylation is 1. The zero-order valence-electron chi connectivity index (χ0n) is 7.96. The number of hydrogen-bond acceptors (Lipinski definition) is 2. The zero-order chi connectivity index (χ0) is 9.56. The molecule has 0 saturated carbocycles. The van der Waals surface area contributed by atoms with Crippen LogP contribution in [0.1, 0.15) is 25.0 Å². The van der Waals surface area contributed by atoms with Crippen LogP contribution in [0, 0.1) is 6.92 Å². The summed E-state index contributed by atoms with van der Waals surface area (Å²) < 4.78 is 0. The summed E-state index contributed by atoms with van der Waals surface area (Å²) in [6, 6.07) is 6.07. The molecule has 0 spiro atoms. The van der Waals surface area contributed by atoms with Crippen molar-refractivity contribution >= 4 is 12.6 Å². The van der Waals surface area contributed by atoms with Crippen molar-refractivity contribution in [2.24, 2.45) is 5.73 Å². The Kier molecular flexibility index (Phi) is 5.85. The van der Waals surface area contributed by atoms with Crippen LogP contribution in [0.4, 0.5) is 0 Å². The molecule has 0 amide bonds.